The van der Waals surface area contributed by atoms with E-state index in [-0.39, 0.29) is 30.3 Å². The lowest BCUT2D eigenvalue weighted by molar-refractivity contribution is -0.135. The van der Waals surface area contributed by atoms with E-state index in [1.54, 1.807) is 48.5 Å². The van der Waals surface area contributed by atoms with Crippen molar-refractivity contribution in [2.75, 3.05) is 6.61 Å². The molecule has 0 radical (unpaired) electrons. The molecule has 2 aromatic carbocycles. The Bertz CT molecular complexity index is 951. The van der Waals surface area contributed by atoms with Gasteiger partial charge in [0.05, 0.1) is 18.3 Å². The Morgan fingerprint density at radius 1 is 0.718 bits per heavy atom. The van der Waals surface area contributed by atoms with Gasteiger partial charge in [0.1, 0.15) is 17.2 Å². The molecule has 0 unspecified atom stereocenters. The summed E-state index contributed by atoms with van der Waals surface area (Å²) >= 11 is 0. The largest absolute Gasteiger partial charge is 0.494 e. The van der Waals surface area contributed by atoms with Crippen LogP contribution >= 0.6 is 0 Å². The van der Waals surface area contributed by atoms with E-state index in [0.717, 1.165) is 18.6 Å². The number of aliphatic hydroxyl groups excluding tert-OH is 1. The van der Waals surface area contributed by atoms with Crippen LogP contribution in [0.25, 0.3) is 0 Å². The van der Waals surface area contributed by atoms with E-state index in [4.69, 9.17) is 14.2 Å². The Kier molecular flexibility index (Phi) is 15.3. The van der Waals surface area contributed by atoms with Crippen LogP contribution in [0.5, 0.6) is 17.2 Å². The van der Waals surface area contributed by atoms with Gasteiger partial charge in [-0.2, -0.15) is 0 Å². The number of carbonyl (C=O) groups is 2. The van der Waals surface area contributed by atoms with Crippen LogP contribution in [-0.4, -0.2) is 29.8 Å². The van der Waals surface area contributed by atoms with Crippen molar-refractivity contribution in [1.82, 2.24) is 0 Å². The van der Waals surface area contributed by atoms with Crippen molar-refractivity contribution in [3.8, 4) is 17.2 Å². The first-order chi connectivity index (χ1) is 18.8. The van der Waals surface area contributed by atoms with Crippen LogP contribution in [0.3, 0.4) is 0 Å². The highest BCUT2D eigenvalue weighted by Gasteiger charge is 2.16. The van der Waals surface area contributed by atoms with E-state index in [0.29, 0.717) is 30.1 Å². The molecule has 0 heterocycles. The molecule has 0 spiro atoms. The van der Waals surface area contributed by atoms with E-state index >= 15 is 0 Å². The highest BCUT2D eigenvalue weighted by atomic mass is 16.5. The van der Waals surface area contributed by atoms with Gasteiger partial charge in [-0.3, -0.25) is 4.79 Å². The standard InChI is InChI=1S/C33H48O6/c1-5-6-7-8-9-10-11-12-23-37-28-16-14-27(15-17-28)33(36)39-30-20-18-29(19-21-30)38-32(35)24-26(4)13-22-31(34)25(2)3/h14-21,25-26,31,34H,5-13,22-24H2,1-4H3/t26-,31+/m1/s1. The van der Waals surface area contributed by atoms with Gasteiger partial charge in [0, 0.05) is 6.42 Å². The summed E-state index contributed by atoms with van der Waals surface area (Å²) in [7, 11) is 0. The summed E-state index contributed by atoms with van der Waals surface area (Å²) < 4.78 is 16.7. The monoisotopic (exact) mass is 540 g/mol. The maximum absolute atomic E-state index is 12.5. The first-order valence-electron chi connectivity index (χ1n) is 14.7. The molecule has 216 valence electrons. The van der Waals surface area contributed by atoms with Crippen molar-refractivity contribution >= 4 is 11.9 Å². The first kappa shape index (κ1) is 32.4. The van der Waals surface area contributed by atoms with Crippen LogP contribution in [0.2, 0.25) is 0 Å². The number of carbonyl (C=O) groups excluding carboxylic acids is 2. The molecule has 0 aliphatic heterocycles. The minimum absolute atomic E-state index is 0.119. The number of rotatable bonds is 19. The maximum atomic E-state index is 12.5. The van der Waals surface area contributed by atoms with Crippen molar-refractivity contribution in [2.24, 2.45) is 11.8 Å². The van der Waals surface area contributed by atoms with Crippen molar-refractivity contribution in [2.45, 2.75) is 104 Å². The van der Waals surface area contributed by atoms with Gasteiger partial charge in [-0.25, -0.2) is 4.79 Å². The molecule has 0 aliphatic carbocycles. The SMILES string of the molecule is CCCCCCCCCCOc1ccc(C(=O)Oc2ccc(OC(=O)C[C@H](C)CC[C@H](O)C(C)C)cc2)cc1. The van der Waals surface area contributed by atoms with Crippen LogP contribution in [0.1, 0.15) is 109 Å². The molecule has 0 saturated carbocycles. The molecule has 39 heavy (non-hydrogen) atoms. The smallest absolute Gasteiger partial charge is 0.343 e. The first-order valence-corrected chi connectivity index (χ1v) is 14.7. The number of hydrogen-bond donors (Lipinski definition) is 1. The van der Waals surface area contributed by atoms with E-state index in [1.165, 1.54) is 44.9 Å². The lowest BCUT2D eigenvalue weighted by atomic mass is 9.95. The topological polar surface area (TPSA) is 82.1 Å². The second-order valence-corrected chi connectivity index (χ2v) is 10.9. The average Bonchev–Trinajstić information content (AvgIpc) is 2.92. The summed E-state index contributed by atoms with van der Waals surface area (Å²) in [5, 5.41) is 9.94. The minimum Gasteiger partial charge on any atom is -0.494 e. The number of aliphatic hydroxyl groups is 1. The van der Waals surface area contributed by atoms with Crippen molar-refractivity contribution in [3.05, 3.63) is 54.1 Å². The molecular formula is C33H48O6. The molecule has 0 fully saturated rings. The molecule has 1 N–H and O–H groups in total. The Hall–Kier alpha value is -2.86. The summed E-state index contributed by atoms with van der Waals surface area (Å²) in [6.07, 6.45) is 11.4. The summed E-state index contributed by atoms with van der Waals surface area (Å²) in [6.45, 7) is 8.85. The van der Waals surface area contributed by atoms with E-state index in [2.05, 4.69) is 6.92 Å². The maximum Gasteiger partial charge on any atom is 0.343 e. The number of hydrogen-bond acceptors (Lipinski definition) is 6. The van der Waals surface area contributed by atoms with Crippen molar-refractivity contribution in [1.29, 1.82) is 0 Å². The van der Waals surface area contributed by atoms with Gasteiger partial charge in [-0.05, 0) is 79.6 Å². The molecule has 0 aromatic heterocycles. The summed E-state index contributed by atoms with van der Waals surface area (Å²) in [5.41, 5.74) is 0.432. The third-order valence-electron chi connectivity index (χ3n) is 6.86. The van der Waals surface area contributed by atoms with Gasteiger partial charge in [-0.1, -0.05) is 72.6 Å². The Morgan fingerprint density at radius 2 is 1.26 bits per heavy atom. The fourth-order valence-corrected chi connectivity index (χ4v) is 4.20. The Morgan fingerprint density at radius 3 is 1.85 bits per heavy atom. The highest BCUT2D eigenvalue weighted by molar-refractivity contribution is 5.91. The molecule has 0 amide bonds. The molecule has 2 atom stereocenters. The lowest BCUT2D eigenvalue weighted by Gasteiger charge is -2.17. The zero-order valence-electron chi connectivity index (χ0n) is 24.3. The average molecular weight is 541 g/mol. The number of ether oxygens (including phenoxy) is 3. The molecule has 2 rings (SSSR count). The van der Waals surface area contributed by atoms with E-state index < -0.39 is 5.97 Å². The van der Waals surface area contributed by atoms with Crippen molar-refractivity contribution < 1.29 is 28.9 Å². The normalized spacial score (nSPS) is 12.7. The van der Waals surface area contributed by atoms with Gasteiger partial charge in [-0.15, -0.1) is 0 Å². The molecule has 2 aromatic rings. The van der Waals surface area contributed by atoms with Gasteiger partial charge in [0.15, 0.2) is 0 Å². The number of esters is 2. The van der Waals surface area contributed by atoms with Crippen LogP contribution in [0.4, 0.5) is 0 Å². The molecule has 0 saturated heterocycles. The van der Waals surface area contributed by atoms with Crippen molar-refractivity contribution in [3.63, 3.8) is 0 Å². The highest BCUT2D eigenvalue weighted by Crippen LogP contribution is 2.22. The fraction of sp³-hybridized carbons (Fsp3) is 0.576. The fourth-order valence-electron chi connectivity index (χ4n) is 4.20. The van der Waals surface area contributed by atoms with Gasteiger partial charge in [0.25, 0.3) is 0 Å². The van der Waals surface area contributed by atoms with Crippen LogP contribution in [0, 0.1) is 11.8 Å². The minimum atomic E-state index is -0.466. The second kappa shape index (κ2) is 18.4. The Balaban J connectivity index is 1.68. The van der Waals surface area contributed by atoms with E-state index in [1.807, 2.05) is 20.8 Å². The van der Waals surface area contributed by atoms with Crippen LogP contribution in [-0.2, 0) is 4.79 Å². The van der Waals surface area contributed by atoms with Crippen LogP contribution < -0.4 is 14.2 Å². The Labute approximate surface area is 235 Å². The zero-order valence-corrected chi connectivity index (χ0v) is 24.3. The summed E-state index contributed by atoms with van der Waals surface area (Å²) in [4.78, 5) is 24.8. The molecule has 6 nitrogen and oxygen atoms in total. The van der Waals surface area contributed by atoms with Gasteiger partial charge in [0.2, 0.25) is 0 Å². The lowest BCUT2D eigenvalue weighted by Crippen LogP contribution is -2.17. The third kappa shape index (κ3) is 13.7. The second-order valence-electron chi connectivity index (χ2n) is 10.9. The molecular weight excluding hydrogens is 492 g/mol. The van der Waals surface area contributed by atoms with Crippen LogP contribution in [0.15, 0.2) is 48.5 Å². The quantitative estimate of drug-likeness (QED) is 0.110. The number of unbranched alkanes of at least 4 members (excludes halogenated alkanes) is 7. The molecule has 6 heteroatoms. The summed E-state index contributed by atoms with van der Waals surface area (Å²) in [5.74, 6) is 1.04. The third-order valence-corrected chi connectivity index (χ3v) is 6.86. The molecule has 0 bridgehead atoms. The zero-order chi connectivity index (χ0) is 28.5. The van der Waals surface area contributed by atoms with Gasteiger partial charge >= 0.3 is 11.9 Å². The summed E-state index contributed by atoms with van der Waals surface area (Å²) in [6, 6.07) is 13.4. The van der Waals surface area contributed by atoms with E-state index in [9.17, 15) is 14.7 Å². The van der Waals surface area contributed by atoms with Gasteiger partial charge < -0.3 is 19.3 Å². The molecule has 0 aliphatic rings. The number of benzene rings is 2. The predicted octanol–water partition coefficient (Wildman–Crippen LogP) is 8.15. The predicted molar refractivity (Wildman–Crippen MR) is 155 cm³/mol.